The highest BCUT2D eigenvalue weighted by Crippen LogP contribution is 2.21. The monoisotopic (exact) mass is 235 g/mol. The van der Waals surface area contributed by atoms with Crippen molar-refractivity contribution in [1.82, 2.24) is 24.7 Å². The van der Waals surface area contributed by atoms with E-state index < -0.39 is 0 Å². The van der Waals surface area contributed by atoms with Crippen molar-refractivity contribution in [3.05, 3.63) is 24.4 Å². The Morgan fingerprint density at radius 2 is 2.19 bits per heavy atom. The second-order valence-electron chi connectivity index (χ2n) is 2.92. The van der Waals surface area contributed by atoms with Gasteiger partial charge in [0.25, 0.3) is 0 Å². The molecule has 0 unspecified atom stereocenters. The van der Waals surface area contributed by atoms with E-state index in [1.165, 1.54) is 24.3 Å². The zero-order valence-corrected chi connectivity index (χ0v) is 9.27. The first-order valence-electron chi connectivity index (χ1n) is 4.35. The maximum absolute atomic E-state index is 7.18. The molecular weight excluding hydrogens is 226 g/mol. The van der Waals surface area contributed by atoms with Gasteiger partial charge in [-0.1, -0.05) is 0 Å². The predicted octanol–water partition coefficient (Wildman–Crippen LogP) is 0.0404. The summed E-state index contributed by atoms with van der Waals surface area (Å²) >= 11 is 1.35. The molecule has 0 saturated carbocycles. The Labute approximate surface area is 95.6 Å². The first-order chi connectivity index (χ1) is 7.66. The topological polar surface area (TPSA) is 106 Å². The third kappa shape index (κ3) is 2.16. The van der Waals surface area contributed by atoms with Crippen molar-refractivity contribution in [2.45, 2.75) is 10.2 Å². The van der Waals surface area contributed by atoms with Gasteiger partial charge in [0.15, 0.2) is 5.16 Å². The molecule has 0 spiro atoms. The van der Waals surface area contributed by atoms with Crippen LogP contribution in [0.25, 0.3) is 0 Å². The largest absolute Gasteiger partial charge is 0.382 e. The molecule has 16 heavy (non-hydrogen) atoms. The van der Waals surface area contributed by atoms with Gasteiger partial charge in [0.2, 0.25) is 0 Å². The molecule has 3 N–H and O–H groups in total. The number of nitrogens with one attached hydrogen (secondary N) is 1. The first kappa shape index (κ1) is 10.6. The summed E-state index contributed by atoms with van der Waals surface area (Å²) in [5.41, 5.74) is 5.63. The maximum Gasteiger partial charge on any atom is 0.192 e. The normalized spacial score (nSPS) is 10.3. The van der Waals surface area contributed by atoms with Crippen LogP contribution in [0.4, 0.5) is 0 Å². The van der Waals surface area contributed by atoms with Crippen LogP contribution in [0, 0.1) is 5.41 Å². The van der Waals surface area contributed by atoms with E-state index in [9.17, 15) is 0 Å². The molecule has 0 amide bonds. The van der Waals surface area contributed by atoms with Crippen molar-refractivity contribution in [3.8, 4) is 0 Å². The molecule has 82 valence electrons. The summed E-state index contributed by atoms with van der Waals surface area (Å²) in [6, 6.07) is 0. The molecule has 2 aromatic heterocycles. The van der Waals surface area contributed by atoms with E-state index in [0.29, 0.717) is 10.7 Å². The fourth-order valence-corrected chi connectivity index (χ4v) is 1.66. The highest BCUT2D eigenvalue weighted by atomic mass is 32.2. The number of aryl methyl sites for hydroxylation is 1. The van der Waals surface area contributed by atoms with Gasteiger partial charge in [-0.2, -0.15) is 5.10 Å². The van der Waals surface area contributed by atoms with Crippen LogP contribution in [0.5, 0.6) is 0 Å². The summed E-state index contributed by atoms with van der Waals surface area (Å²) in [6.45, 7) is 0. The summed E-state index contributed by atoms with van der Waals surface area (Å²) in [6.07, 6.45) is 4.48. The quantitative estimate of drug-likeness (QED) is 0.574. The second-order valence-corrected chi connectivity index (χ2v) is 3.91. The molecule has 8 heteroatoms. The Morgan fingerprint density at radius 1 is 1.38 bits per heavy atom. The van der Waals surface area contributed by atoms with Crippen LogP contribution < -0.4 is 5.73 Å². The van der Waals surface area contributed by atoms with Gasteiger partial charge < -0.3 is 5.73 Å². The summed E-state index contributed by atoms with van der Waals surface area (Å²) in [4.78, 5) is 12.2. The number of aromatic nitrogens is 5. The van der Waals surface area contributed by atoms with E-state index in [1.54, 1.807) is 17.9 Å². The third-order valence-corrected chi connectivity index (χ3v) is 2.74. The van der Waals surface area contributed by atoms with Crippen molar-refractivity contribution < 1.29 is 0 Å². The lowest BCUT2D eigenvalue weighted by Crippen LogP contribution is -2.13. The molecule has 2 heterocycles. The van der Waals surface area contributed by atoms with Crippen LogP contribution in [-0.2, 0) is 7.05 Å². The number of hydrogen-bond acceptors (Lipinski definition) is 6. The average molecular weight is 235 g/mol. The Hall–Kier alpha value is -1.96. The Kier molecular flexibility index (Phi) is 2.82. The van der Waals surface area contributed by atoms with Crippen molar-refractivity contribution in [1.29, 1.82) is 5.41 Å². The summed E-state index contributed by atoms with van der Waals surface area (Å²) < 4.78 is 1.64. The number of nitrogens with zero attached hydrogens (tertiary/aromatic N) is 5. The number of amidine groups is 1. The van der Waals surface area contributed by atoms with Crippen molar-refractivity contribution in [3.63, 3.8) is 0 Å². The fourth-order valence-electron chi connectivity index (χ4n) is 0.980. The number of rotatable bonds is 3. The number of hydrogen-bond donors (Lipinski definition) is 2. The molecule has 0 saturated heterocycles. The first-order valence-corrected chi connectivity index (χ1v) is 5.17. The minimum atomic E-state index is -0.0947. The third-order valence-electron chi connectivity index (χ3n) is 1.77. The molecule has 0 bridgehead atoms. The van der Waals surface area contributed by atoms with Crippen LogP contribution in [0.3, 0.4) is 0 Å². The van der Waals surface area contributed by atoms with Crippen LogP contribution in [0.15, 0.2) is 28.9 Å². The minimum absolute atomic E-state index is 0.0947. The van der Waals surface area contributed by atoms with E-state index in [2.05, 4.69) is 20.1 Å². The molecule has 0 atom stereocenters. The van der Waals surface area contributed by atoms with Crippen molar-refractivity contribution in [2.75, 3.05) is 0 Å². The van der Waals surface area contributed by atoms with E-state index in [1.807, 2.05) is 0 Å². The summed E-state index contributed by atoms with van der Waals surface area (Å²) in [5.74, 6) is -0.0947. The van der Waals surface area contributed by atoms with E-state index >= 15 is 0 Å². The van der Waals surface area contributed by atoms with Crippen LogP contribution in [0.1, 0.15) is 5.69 Å². The molecule has 0 aromatic carbocycles. The van der Waals surface area contributed by atoms with Gasteiger partial charge in [-0.25, -0.2) is 19.6 Å². The molecule has 2 aromatic rings. The van der Waals surface area contributed by atoms with Crippen molar-refractivity contribution >= 4 is 17.6 Å². The number of nitrogens with two attached hydrogens (primary N) is 1. The lowest BCUT2D eigenvalue weighted by molar-refractivity contribution is 0.684. The highest BCUT2D eigenvalue weighted by Gasteiger charge is 2.05. The van der Waals surface area contributed by atoms with E-state index in [-0.39, 0.29) is 5.84 Å². The van der Waals surface area contributed by atoms with Crippen LogP contribution >= 0.6 is 11.8 Å². The number of nitrogen functional groups attached to an aromatic ring is 1. The summed E-state index contributed by atoms with van der Waals surface area (Å²) in [7, 11) is 1.80. The van der Waals surface area contributed by atoms with Gasteiger partial charge in [-0.15, -0.1) is 0 Å². The maximum atomic E-state index is 7.18. The molecular formula is C8H9N7S. The zero-order valence-electron chi connectivity index (χ0n) is 8.45. The van der Waals surface area contributed by atoms with Gasteiger partial charge in [0.05, 0.1) is 12.4 Å². The SMILES string of the molecule is Cn1ncnc1Sc1cnc(C(=N)N)cn1. The molecule has 0 aliphatic carbocycles. The van der Waals surface area contributed by atoms with E-state index in [0.717, 1.165) is 5.16 Å². The smallest absolute Gasteiger partial charge is 0.192 e. The van der Waals surface area contributed by atoms with Crippen molar-refractivity contribution in [2.24, 2.45) is 12.8 Å². The lowest BCUT2D eigenvalue weighted by atomic mass is 10.4. The molecule has 0 aliphatic rings. The van der Waals surface area contributed by atoms with Crippen LogP contribution in [-0.4, -0.2) is 30.6 Å². The van der Waals surface area contributed by atoms with Gasteiger partial charge in [-0.05, 0) is 11.8 Å². The van der Waals surface area contributed by atoms with Gasteiger partial charge in [0, 0.05) is 7.05 Å². The molecule has 2 rings (SSSR count). The molecule has 0 fully saturated rings. The van der Waals surface area contributed by atoms with Gasteiger partial charge in [0.1, 0.15) is 22.9 Å². The predicted molar refractivity (Wildman–Crippen MR) is 58.2 cm³/mol. The average Bonchev–Trinajstić information content (AvgIpc) is 2.65. The Morgan fingerprint density at radius 3 is 2.69 bits per heavy atom. The highest BCUT2D eigenvalue weighted by molar-refractivity contribution is 7.99. The zero-order chi connectivity index (χ0) is 11.5. The standard InChI is InChI=1S/C8H9N7S/c1-15-8(13-4-14-15)16-6-3-11-5(2-12-6)7(9)10/h2-4H,1H3,(H3,9,10). The summed E-state index contributed by atoms with van der Waals surface area (Å²) in [5, 5.41) is 12.5. The molecule has 7 nitrogen and oxygen atoms in total. The van der Waals surface area contributed by atoms with Crippen LogP contribution in [0.2, 0.25) is 0 Å². The van der Waals surface area contributed by atoms with Gasteiger partial charge >= 0.3 is 0 Å². The Balaban J connectivity index is 2.17. The van der Waals surface area contributed by atoms with E-state index in [4.69, 9.17) is 11.1 Å². The Bertz CT molecular complexity index is 503. The minimum Gasteiger partial charge on any atom is -0.382 e. The second kappa shape index (κ2) is 4.27. The molecule has 0 radical (unpaired) electrons. The fraction of sp³-hybridized carbons (Fsp3) is 0.125. The van der Waals surface area contributed by atoms with Gasteiger partial charge in [-0.3, -0.25) is 5.41 Å². The lowest BCUT2D eigenvalue weighted by Gasteiger charge is -2.00. The molecule has 0 aliphatic heterocycles.